The molecule has 0 aliphatic rings. The first-order chi connectivity index (χ1) is 8.08. The van der Waals surface area contributed by atoms with Gasteiger partial charge in [0, 0.05) is 32.0 Å². The van der Waals surface area contributed by atoms with Crippen molar-refractivity contribution in [1.29, 1.82) is 0 Å². The van der Waals surface area contributed by atoms with E-state index in [1.807, 2.05) is 6.92 Å². The zero-order valence-electron chi connectivity index (χ0n) is 10.0. The van der Waals surface area contributed by atoms with Gasteiger partial charge in [0.15, 0.2) is 6.29 Å². The molecule has 1 rings (SSSR count). The van der Waals surface area contributed by atoms with Crippen molar-refractivity contribution in [1.82, 2.24) is 0 Å². The zero-order chi connectivity index (χ0) is 12.8. The predicted octanol–water partition coefficient (Wildman–Crippen LogP) is 2.01. The number of rotatable bonds is 6. The molecule has 94 valence electrons. The molecule has 6 nitrogen and oxygen atoms in total. The summed E-state index contributed by atoms with van der Waals surface area (Å²) in [6.07, 6.45) is -0.408. The minimum atomic E-state index is -0.431. The number of ether oxygens (including phenoxy) is 2. The number of nitro benzene ring substituents is 1. The van der Waals surface area contributed by atoms with Crippen LogP contribution in [0.5, 0.6) is 0 Å². The van der Waals surface area contributed by atoms with Crippen molar-refractivity contribution in [2.75, 3.05) is 19.5 Å². The van der Waals surface area contributed by atoms with Gasteiger partial charge in [-0.1, -0.05) is 6.07 Å². The highest BCUT2D eigenvalue weighted by atomic mass is 16.7. The Kier molecular flexibility index (Phi) is 4.86. The van der Waals surface area contributed by atoms with E-state index in [0.717, 1.165) is 0 Å². The molecule has 0 amide bonds. The molecule has 1 N–H and O–H groups in total. The monoisotopic (exact) mass is 240 g/mol. The first-order valence-corrected chi connectivity index (χ1v) is 5.15. The molecule has 0 bridgehead atoms. The number of nitrogens with one attached hydrogen (secondary N) is 1. The van der Waals surface area contributed by atoms with Crippen molar-refractivity contribution in [3.05, 3.63) is 34.4 Å². The SMILES string of the molecule is COC(OC)C(C)Nc1cccc([N+](=O)[O-])c1. The van der Waals surface area contributed by atoms with Gasteiger partial charge in [-0.25, -0.2) is 0 Å². The minimum Gasteiger partial charge on any atom is -0.377 e. The van der Waals surface area contributed by atoms with Gasteiger partial charge < -0.3 is 14.8 Å². The number of nitrogens with zero attached hydrogens (tertiary/aromatic N) is 1. The number of methoxy groups -OCH3 is 2. The van der Waals surface area contributed by atoms with Crippen molar-refractivity contribution in [2.24, 2.45) is 0 Å². The van der Waals surface area contributed by atoms with Gasteiger partial charge in [-0.05, 0) is 13.0 Å². The summed E-state index contributed by atoms with van der Waals surface area (Å²) in [5.41, 5.74) is 0.708. The van der Waals surface area contributed by atoms with Crippen LogP contribution in [0.1, 0.15) is 6.92 Å². The molecule has 6 heteroatoms. The Morgan fingerprint density at radius 3 is 2.53 bits per heavy atom. The molecular weight excluding hydrogens is 224 g/mol. The molecule has 0 heterocycles. The third-order valence-electron chi connectivity index (χ3n) is 2.32. The molecule has 1 atom stereocenters. The van der Waals surface area contributed by atoms with Crippen molar-refractivity contribution < 1.29 is 14.4 Å². The van der Waals surface area contributed by atoms with E-state index < -0.39 is 11.2 Å². The van der Waals surface area contributed by atoms with Gasteiger partial charge in [-0.15, -0.1) is 0 Å². The van der Waals surface area contributed by atoms with Crippen LogP contribution in [-0.4, -0.2) is 31.5 Å². The first-order valence-electron chi connectivity index (χ1n) is 5.15. The summed E-state index contributed by atoms with van der Waals surface area (Å²) in [6, 6.07) is 6.18. The third-order valence-corrected chi connectivity index (χ3v) is 2.32. The highest BCUT2D eigenvalue weighted by Crippen LogP contribution is 2.18. The molecule has 1 aromatic rings. The molecule has 1 aromatic carbocycles. The van der Waals surface area contributed by atoms with E-state index in [9.17, 15) is 10.1 Å². The number of hydrogen-bond acceptors (Lipinski definition) is 5. The molecular formula is C11H16N2O4. The van der Waals surface area contributed by atoms with Crippen LogP contribution in [0.25, 0.3) is 0 Å². The summed E-state index contributed by atoms with van der Waals surface area (Å²) in [7, 11) is 3.08. The van der Waals surface area contributed by atoms with E-state index in [0.29, 0.717) is 5.69 Å². The molecule has 17 heavy (non-hydrogen) atoms. The number of nitro groups is 1. The average molecular weight is 240 g/mol. The molecule has 0 aliphatic carbocycles. The molecule has 0 aliphatic heterocycles. The van der Waals surface area contributed by atoms with Gasteiger partial charge in [0.1, 0.15) is 0 Å². The maximum atomic E-state index is 10.6. The quantitative estimate of drug-likeness (QED) is 0.467. The highest BCUT2D eigenvalue weighted by Gasteiger charge is 2.16. The summed E-state index contributed by atoms with van der Waals surface area (Å²) in [4.78, 5) is 10.2. The molecule has 0 radical (unpaired) electrons. The normalized spacial score (nSPS) is 12.5. The highest BCUT2D eigenvalue weighted by molar-refractivity contribution is 5.51. The van der Waals surface area contributed by atoms with Crippen LogP contribution in [-0.2, 0) is 9.47 Å². The Bertz CT molecular complexity index is 379. The minimum absolute atomic E-state index is 0.0496. The topological polar surface area (TPSA) is 73.6 Å². The van der Waals surface area contributed by atoms with E-state index in [4.69, 9.17) is 9.47 Å². The summed E-state index contributed by atoms with van der Waals surface area (Å²) in [5, 5.41) is 13.7. The standard InChI is InChI=1S/C11H16N2O4/c1-8(11(16-2)17-3)12-9-5-4-6-10(7-9)13(14)15/h4-8,11-12H,1-3H3. The van der Waals surface area contributed by atoms with Gasteiger partial charge in [0.2, 0.25) is 0 Å². The van der Waals surface area contributed by atoms with E-state index in [1.165, 1.54) is 12.1 Å². The van der Waals surface area contributed by atoms with Crippen LogP contribution in [0.15, 0.2) is 24.3 Å². The Balaban J connectivity index is 2.74. The van der Waals surface area contributed by atoms with E-state index in [1.54, 1.807) is 26.4 Å². The number of hydrogen-bond donors (Lipinski definition) is 1. The second kappa shape index (κ2) is 6.17. The van der Waals surface area contributed by atoms with Gasteiger partial charge >= 0.3 is 0 Å². The lowest BCUT2D eigenvalue weighted by atomic mass is 10.2. The maximum absolute atomic E-state index is 10.6. The van der Waals surface area contributed by atoms with Crippen molar-refractivity contribution in [2.45, 2.75) is 19.3 Å². The Labute approximate surface area is 99.7 Å². The molecule has 1 unspecified atom stereocenters. The van der Waals surface area contributed by atoms with Crippen molar-refractivity contribution >= 4 is 11.4 Å². The predicted molar refractivity (Wildman–Crippen MR) is 64.0 cm³/mol. The van der Waals surface area contributed by atoms with Crippen LogP contribution in [0.3, 0.4) is 0 Å². The Hall–Kier alpha value is -1.66. The smallest absolute Gasteiger partial charge is 0.271 e. The number of non-ortho nitro benzene ring substituents is 1. The average Bonchev–Trinajstić information content (AvgIpc) is 2.30. The van der Waals surface area contributed by atoms with Gasteiger partial charge in [-0.2, -0.15) is 0 Å². The molecule has 0 saturated carbocycles. The van der Waals surface area contributed by atoms with Crippen LogP contribution in [0.4, 0.5) is 11.4 Å². The lowest BCUT2D eigenvalue weighted by Gasteiger charge is -2.22. The summed E-state index contributed by atoms with van der Waals surface area (Å²) in [5.74, 6) is 0. The largest absolute Gasteiger partial charge is 0.377 e. The van der Waals surface area contributed by atoms with Crippen LogP contribution >= 0.6 is 0 Å². The van der Waals surface area contributed by atoms with E-state index in [2.05, 4.69) is 5.32 Å². The lowest BCUT2D eigenvalue weighted by Crippen LogP contribution is -2.33. The van der Waals surface area contributed by atoms with E-state index >= 15 is 0 Å². The van der Waals surface area contributed by atoms with Crippen molar-refractivity contribution in [3.8, 4) is 0 Å². The molecule has 0 saturated heterocycles. The van der Waals surface area contributed by atoms with Gasteiger partial charge in [0.05, 0.1) is 11.0 Å². The Morgan fingerprint density at radius 1 is 1.35 bits per heavy atom. The van der Waals surface area contributed by atoms with Crippen LogP contribution in [0, 0.1) is 10.1 Å². The summed E-state index contributed by atoms with van der Waals surface area (Å²) in [6.45, 7) is 1.87. The molecule has 0 spiro atoms. The summed E-state index contributed by atoms with van der Waals surface area (Å²) >= 11 is 0. The van der Waals surface area contributed by atoms with Crippen LogP contribution < -0.4 is 5.32 Å². The zero-order valence-corrected chi connectivity index (χ0v) is 10.0. The third kappa shape index (κ3) is 3.69. The lowest BCUT2D eigenvalue weighted by molar-refractivity contribution is -0.384. The first kappa shape index (κ1) is 13.4. The fourth-order valence-corrected chi connectivity index (χ4v) is 1.54. The fraction of sp³-hybridized carbons (Fsp3) is 0.455. The van der Waals surface area contributed by atoms with E-state index in [-0.39, 0.29) is 11.7 Å². The number of anilines is 1. The Morgan fingerprint density at radius 2 is 2.00 bits per heavy atom. The summed E-state index contributed by atoms with van der Waals surface area (Å²) < 4.78 is 10.2. The second-order valence-electron chi connectivity index (χ2n) is 3.58. The van der Waals surface area contributed by atoms with Gasteiger partial charge in [0.25, 0.3) is 5.69 Å². The van der Waals surface area contributed by atoms with Crippen molar-refractivity contribution in [3.63, 3.8) is 0 Å². The number of benzene rings is 1. The fourth-order valence-electron chi connectivity index (χ4n) is 1.54. The second-order valence-corrected chi connectivity index (χ2v) is 3.58. The maximum Gasteiger partial charge on any atom is 0.271 e. The van der Waals surface area contributed by atoms with Crippen LogP contribution in [0.2, 0.25) is 0 Å². The molecule has 0 fully saturated rings. The van der Waals surface area contributed by atoms with Gasteiger partial charge in [-0.3, -0.25) is 10.1 Å². The molecule has 0 aromatic heterocycles.